The summed E-state index contributed by atoms with van der Waals surface area (Å²) in [5.41, 5.74) is -0.900. The third-order valence-corrected chi connectivity index (χ3v) is 7.72. The number of anilines is 1. The second-order valence-corrected chi connectivity index (χ2v) is 10.5. The Morgan fingerprint density at radius 1 is 1.30 bits per heavy atom. The molecule has 1 atom stereocenters. The first kappa shape index (κ1) is 23.1. The van der Waals surface area contributed by atoms with E-state index in [4.69, 9.17) is 11.6 Å². The van der Waals surface area contributed by atoms with E-state index in [2.05, 4.69) is 4.98 Å². The number of rotatable bonds is 5. The second kappa shape index (κ2) is 8.90. The minimum Gasteiger partial charge on any atom is -0.355 e. The number of pyridine rings is 1. The quantitative estimate of drug-likeness (QED) is 0.663. The van der Waals surface area contributed by atoms with Gasteiger partial charge in [-0.2, -0.15) is 13.2 Å². The van der Waals surface area contributed by atoms with Crippen molar-refractivity contribution >= 4 is 33.2 Å². The van der Waals surface area contributed by atoms with Gasteiger partial charge in [-0.05, 0) is 31.7 Å². The molecule has 2 aliphatic heterocycles. The van der Waals surface area contributed by atoms with Gasteiger partial charge in [0.15, 0.2) is 9.84 Å². The molecule has 0 aliphatic carbocycles. The topological polar surface area (TPSA) is 70.6 Å². The molecule has 0 saturated carbocycles. The monoisotopic (exact) mass is 467 g/mol. The summed E-state index contributed by atoms with van der Waals surface area (Å²) in [5.74, 6) is 0.127. The fourth-order valence-electron chi connectivity index (χ4n) is 4.13. The number of hydrogen-bond acceptors (Lipinski definition) is 5. The largest absolute Gasteiger partial charge is 0.417 e. The molecule has 2 saturated heterocycles. The van der Waals surface area contributed by atoms with E-state index in [9.17, 15) is 26.4 Å². The summed E-state index contributed by atoms with van der Waals surface area (Å²) >= 11 is 6.04. The molecule has 0 N–H and O–H groups in total. The van der Waals surface area contributed by atoms with E-state index in [1.165, 1.54) is 0 Å². The number of halogens is 4. The molecule has 1 amide bonds. The Hall–Kier alpha value is -1.55. The van der Waals surface area contributed by atoms with E-state index in [0.717, 1.165) is 18.7 Å². The summed E-state index contributed by atoms with van der Waals surface area (Å²) in [6.45, 7) is 3.35. The van der Waals surface area contributed by atoms with Crippen LogP contribution in [0.1, 0.15) is 38.2 Å². The Morgan fingerprint density at radius 2 is 1.97 bits per heavy atom. The minimum atomic E-state index is -4.51. The van der Waals surface area contributed by atoms with Crippen LogP contribution in [-0.2, 0) is 20.8 Å². The predicted octanol–water partition coefficient (Wildman–Crippen LogP) is 3.40. The van der Waals surface area contributed by atoms with Gasteiger partial charge < -0.3 is 9.80 Å². The maximum absolute atomic E-state index is 13.1. The van der Waals surface area contributed by atoms with Crippen molar-refractivity contribution < 1.29 is 26.4 Å². The SMILES string of the molecule is CCCN(C(=O)C1CCN(c2ncc(C(F)(F)F)cc2Cl)CC1)C1CCS(=O)(=O)C1. The zero-order valence-electron chi connectivity index (χ0n) is 16.7. The normalized spacial score (nSPS) is 22.3. The molecule has 0 spiro atoms. The first-order valence-electron chi connectivity index (χ1n) is 10.0. The van der Waals surface area contributed by atoms with Crippen molar-refractivity contribution in [3.63, 3.8) is 0 Å². The highest BCUT2D eigenvalue weighted by Gasteiger charge is 2.38. The van der Waals surface area contributed by atoms with Crippen LogP contribution in [-0.4, -0.2) is 61.4 Å². The van der Waals surface area contributed by atoms with E-state index in [1.807, 2.05) is 6.92 Å². The van der Waals surface area contributed by atoms with Crippen LogP contribution >= 0.6 is 11.6 Å². The smallest absolute Gasteiger partial charge is 0.355 e. The van der Waals surface area contributed by atoms with E-state index >= 15 is 0 Å². The summed E-state index contributed by atoms with van der Waals surface area (Å²) in [7, 11) is -3.09. The maximum atomic E-state index is 13.1. The first-order valence-corrected chi connectivity index (χ1v) is 12.2. The number of carbonyl (C=O) groups is 1. The average Bonchev–Trinajstić information content (AvgIpc) is 3.04. The summed E-state index contributed by atoms with van der Waals surface area (Å²) in [6, 6.07) is 0.594. The number of carbonyl (C=O) groups excluding carboxylic acids is 1. The molecule has 6 nitrogen and oxygen atoms in total. The highest BCUT2D eigenvalue weighted by Crippen LogP contribution is 2.35. The lowest BCUT2D eigenvalue weighted by atomic mass is 9.94. The van der Waals surface area contributed by atoms with Gasteiger partial charge in [0.05, 0.1) is 22.1 Å². The second-order valence-electron chi connectivity index (χ2n) is 7.88. The molecular weight excluding hydrogens is 443 g/mol. The Labute approximate surface area is 179 Å². The van der Waals surface area contributed by atoms with Crippen molar-refractivity contribution in [2.45, 2.75) is 44.8 Å². The lowest BCUT2D eigenvalue weighted by Crippen LogP contribution is -2.47. The molecule has 2 fully saturated rings. The van der Waals surface area contributed by atoms with Crippen LogP contribution < -0.4 is 4.90 Å². The van der Waals surface area contributed by atoms with Crippen LogP contribution in [0.25, 0.3) is 0 Å². The molecule has 1 unspecified atom stereocenters. The van der Waals surface area contributed by atoms with Crippen LogP contribution in [0.3, 0.4) is 0 Å². The molecular formula is C19H25ClF3N3O3S. The lowest BCUT2D eigenvalue weighted by molar-refractivity contribution is -0.138. The van der Waals surface area contributed by atoms with Gasteiger partial charge in [0.1, 0.15) is 5.82 Å². The van der Waals surface area contributed by atoms with Crippen LogP contribution in [0.2, 0.25) is 5.02 Å². The van der Waals surface area contributed by atoms with E-state index in [1.54, 1.807) is 9.80 Å². The zero-order chi connectivity index (χ0) is 22.1. The van der Waals surface area contributed by atoms with Gasteiger partial charge in [-0.25, -0.2) is 13.4 Å². The molecule has 2 aliphatic rings. The number of piperidine rings is 1. The van der Waals surface area contributed by atoms with Crippen molar-refractivity contribution in [1.82, 2.24) is 9.88 Å². The first-order chi connectivity index (χ1) is 14.0. The van der Waals surface area contributed by atoms with Crippen molar-refractivity contribution in [3.05, 3.63) is 22.8 Å². The molecule has 3 heterocycles. The lowest BCUT2D eigenvalue weighted by Gasteiger charge is -2.37. The van der Waals surface area contributed by atoms with Crippen molar-refractivity contribution in [2.24, 2.45) is 5.92 Å². The number of hydrogen-bond donors (Lipinski definition) is 0. The van der Waals surface area contributed by atoms with Gasteiger partial charge in [0.25, 0.3) is 0 Å². The summed E-state index contributed by atoms with van der Waals surface area (Å²) in [4.78, 5) is 20.5. The Morgan fingerprint density at radius 3 is 2.47 bits per heavy atom. The summed E-state index contributed by atoms with van der Waals surface area (Å²) in [5, 5.41) is -0.0710. The van der Waals surface area contributed by atoms with Gasteiger partial charge in [-0.15, -0.1) is 0 Å². The molecule has 0 aromatic carbocycles. The fourth-order valence-corrected chi connectivity index (χ4v) is 6.14. The molecule has 0 bridgehead atoms. The Bertz CT molecular complexity index is 887. The van der Waals surface area contributed by atoms with E-state index in [-0.39, 0.29) is 40.2 Å². The van der Waals surface area contributed by atoms with Crippen LogP contribution in [0.4, 0.5) is 19.0 Å². The molecule has 3 rings (SSSR count). The standard InChI is InChI=1S/C19H25ClF3N3O3S/c1-2-6-26(15-5-9-30(28,29)12-15)18(27)13-3-7-25(8-4-13)17-16(20)10-14(11-24-17)19(21,22)23/h10-11,13,15H,2-9,12H2,1H3. The van der Waals surface area contributed by atoms with Crippen LogP contribution in [0.5, 0.6) is 0 Å². The van der Waals surface area contributed by atoms with E-state index in [0.29, 0.717) is 38.9 Å². The third-order valence-electron chi connectivity index (χ3n) is 5.69. The highest BCUT2D eigenvalue weighted by atomic mass is 35.5. The molecule has 1 aromatic rings. The Balaban J connectivity index is 1.65. The van der Waals surface area contributed by atoms with Crippen LogP contribution in [0.15, 0.2) is 12.3 Å². The molecule has 11 heteroatoms. The summed E-state index contributed by atoms with van der Waals surface area (Å²) < 4.78 is 62.1. The molecule has 1 aromatic heterocycles. The van der Waals surface area contributed by atoms with Crippen molar-refractivity contribution in [3.8, 4) is 0 Å². The van der Waals surface area contributed by atoms with Gasteiger partial charge in [-0.3, -0.25) is 4.79 Å². The van der Waals surface area contributed by atoms with E-state index < -0.39 is 21.6 Å². The number of nitrogens with zero attached hydrogens (tertiary/aromatic N) is 3. The molecule has 30 heavy (non-hydrogen) atoms. The highest BCUT2D eigenvalue weighted by molar-refractivity contribution is 7.91. The fraction of sp³-hybridized carbons (Fsp3) is 0.684. The number of sulfone groups is 1. The van der Waals surface area contributed by atoms with Crippen LogP contribution in [0, 0.1) is 5.92 Å². The predicted molar refractivity (Wildman–Crippen MR) is 108 cm³/mol. The number of amides is 1. The van der Waals surface area contributed by atoms with Gasteiger partial charge in [0, 0.05) is 37.8 Å². The maximum Gasteiger partial charge on any atom is 0.417 e. The average molecular weight is 468 g/mol. The number of aromatic nitrogens is 1. The Kier molecular flexibility index (Phi) is 6.86. The van der Waals surface area contributed by atoms with Crippen molar-refractivity contribution in [2.75, 3.05) is 36.0 Å². The van der Waals surface area contributed by atoms with Gasteiger partial charge in [0.2, 0.25) is 5.91 Å². The number of alkyl halides is 3. The zero-order valence-corrected chi connectivity index (χ0v) is 18.2. The molecule has 0 radical (unpaired) electrons. The molecule has 168 valence electrons. The van der Waals surface area contributed by atoms with Gasteiger partial charge >= 0.3 is 6.18 Å². The van der Waals surface area contributed by atoms with Gasteiger partial charge in [-0.1, -0.05) is 18.5 Å². The minimum absolute atomic E-state index is 0.0165. The summed E-state index contributed by atoms with van der Waals surface area (Å²) in [6.07, 6.45) is -1.51. The third kappa shape index (κ3) is 5.19. The van der Waals surface area contributed by atoms with Crippen molar-refractivity contribution in [1.29, 1.82) is 0 Å².